The van der Waals surface area contributed by atoms with Crippen LogP contribution in [0.1, 0.15) is 162 Å². The lowest BCUT2D eigenvalue weighted by Gasteiger charge is -2.15. The third kappa shape index (κ3) is 38.9. The molecule has 0 rings (SSSR count). The Morgan fingerprint density at radius 2 is 1.10 bits per heavy atom. The largest absolute Gasteiger partial charge is 0.472 e. The molecule has 0 heterocycles. The highest BCUT2D eigenvalue weighted by Crippen LogP contribution is 2.42. The molecule has 9 nitrogen and oxygen atoms in total. The number of unbranched alkanes of at least 4 members (excludes halogenated alkanes) is 14. The Balaban J connectivity index is 3.64. The maximum Gasteiger partial charge on any atom is 0.472 e. The van der Waals surface area contributed by atoms with Crippen LogP contribution in [0.3, 0.4) is 0 Å². The number of hydrogen-bond acceptors (Lipinski definition) is 7. The number of phosphoric acid groups is 1. The van der Waals surface area contributed by atoms with E-state index in [4.69, 9.17) is 13.8 Å². The summed E-state index contributed by atoms with van der Waals surface area (Å²) in [6, 6.07) is 0. The number of esters is 1. The van der Waals surface area contributed by atoms with Crippen LogP contribution in [0.15, 0.2) is 60.8 Å². The fraction of sp³-hybridized carbons (Fsp3) is 0.714. The zero-order valence-electron chi connectivity index (χ0n) is 32.7. The summed E-state index contributed by atoms with van der Waals surface area (Å²) in [6.07, 6.45) is 44.5. The first kappa shape index (κ1) is 49.7. The van der Waals surface area contributed by atoms with E-state index in [9.17, 15) is 24.2 Å². The maximum absolute atomic E-state index is 12.0. The van der Waals surface area contributed by atoms with Crippen molar-refractivity contribution in [1.29, 1.82) is 0 Å². The monoisotopic (exact) mass is 752 g/mol. The van der Waals surface area contributed by atoms with Gasteiger partial charge in [0.2, 0.25) is 5.91 Å². The van der Waals surface area contributed by atoms with E-state index in [0.29, 0.717) is 6.42 Å². The number of aliphatic hydroxyl groups is 1. The normalized spacial score (nSPS) is 14.0. The lowest BCUT2D eigenvalue weighted by molar-refractivity contribution is -0.147. The van der Waals surface area contributed by atoms with E-state index in [-0.39, 0.29) is 32.1 Å². The molecule has 0 fully saturated rings. The zero-order chi connectivity index (χ0) is 38.2. The second-order valence-corrected chi connectivity index (χ2v) is 14.7. The fourth-order valence-electron chi connectivity index (χ4n) is 5.17. The Morgan fingerprint density at radius 3 is 1.65 bits per heavy atom. The number of carbonyl (C=O) groups is 2. The number of aliphatic hydroxyl groups excluding tert-OH is 1. The van der Waals surface area contributed by atoms with Crippen molar-refractivity contribution in [1.82, 2.24) is 5.32 Å². The van der Waals surface area contributed by atoms with Gasteiger partial charge in [-0.1, -0.05) is 152 Å². The molecule has 0 saturated carbocycles. The first-order valence-electron chi connectivity index (χ1n) is 20.3. The molecule has 1 amide bonds. The van der Waals surface area contributed by atoms with Gasteiger partial charge in [-0.3, -0.25) is 18.6 Å². The number of hydrogen-bond donors (Lipinski definition) is 3. The summed E-state index contributed by atoms with van der Waals surface area (Å²) in [6.45, 7) is 3.38. The molecule has 2 atom stereocenters. The number of ether oxygens (including phenoxy) is 1. The number of allylic oxidation sites excluding steroid dienone is 10. The highest BCUT2D eigenvalue weighted by Gasteiger charge is 2.23. The molecule has 2 unspecified atom stereocenters. The number of rotatable bonds is 37. The number of nitrogens with one attached hydrogen (secondary N) is 1. The fourth-order valence-corrected chi connectivity index (χ4v) is 5.93. The molecule has 0 aromatic rings. The van der Waals surface area contributed by atoms with Crippen LogP contribution < -0.4 is 5.32 Å². The van der Waals surface area contributed by atoms with Gasteiger partial charge in [0.1, 0.15) is 12.7 Å². The van der Waals surface area contributed by atoms with E-state index >= 15 is 0 Å². The van der Waals surface area contributed by atoms with Crippen LogP contribution in [0.5, 0.6) is 0 Å². The molecule has 0 aromatic carbocycles. The van der Waals surface area contributed by atoms with E-state index in [0.717, 1.165) is 83.5 Å². The Hall–Kier alpha value is -2.29. The summed E-state index contributed by atoms with van der Waals surface area (Å²) < 4.78 is 26.7. The predicted octanol–water partition coefficient (Wildman–Crippen LogP) is 10.9. The van der Waals surface area contributed by atoms with Gasteiger partial charge in [0.25, 0.3) is 0 Å². The molecule has 0 spiro atoms. The summed E-state index contributed by atoms with van der Waals surface area (Å²) in [4.78, 5) is 33.7. The summed E-state index contributed by atoms with van der Waals surface area (Å²) in [5.74, 6) is -0.536. The molecule has 0 bridgehead atoms. The van der Waals surface area contributed by atoms with Gasteiger partial charge in [0, 0.05) is 19.4 Å². The molecule has 300 valence electrons. The number of amides is 1. The van der Waals surface area contributed by atoms with Crippen molar-refractivity contribution in [2.24, 2.45) is 0 Å². The Bertz CT molecular complexity index is 1040. The quantitative estimate of drug-likeness (QED) is 0.0247. The van der Waals surface area contributed by atoms with E-state index in [1.54, 1.807) is 0 Å². The van der Waals surface area contributed by atoms with Crippen molar-refractivity contribution in [2.75, 3.05) is 26.4 Å². The molecular formula is C42H74NO8P. The van der Waals surface area contributed by atoms with Crippen molar-refractivity contribution >= 4 is 19.7 Å². The lowest BCUT2D eigenvalue weighted by Crippen LogP contribution is -2.27. The Morgan fingerprint density at radius 1 is 0.615 bits per heavy atom. The zero-order valence-corrected chi connectivity index (χ0v) is 33.6. The lowest BCUT2D eigenvalue weighted by atomic mass is 10.1. The standard InChI is InChI=1S/C42H74NO8P/c1-3-5-7-9-11-13-14-15-16-17-18-19-20-21-22-23-24-25-26-27-29-31-33-35-42(46)49-38-40(44)39-51-52(47,48)50-37-36-43-41(45)34-32-30-28-12-10-8-6-4-2/h5,7,11,13,15-16,18-19,21-22,40,44H,3-4,6,8-10,12,14,17,20,23-39H2,1-2H3,(H,43,45)(H,47,48)/b7-5-,13-11-,16-15-,19-18-,22-21-. The summed E-state index contributed by atoms with van der Waals surface area (Å²) in [7, 11) is -4.41. The SMILES string of the molecule is CC/C=C\C/C=C\C/C=C\C/C=C\C/C=C\CCCCCCCCCC(=O)OCC(O)COP(=O)(O)OCCNC(=O)CCCCCCCCCC. The molecule has 0 aliphatic heterocycles. The van der Waals surface area contributed by atoms with Gasteiger partial charge in [0.15, 0.2) is 0 Å². The van der Waals surface area contributed by atoms with Crippen molar-refractivity contribution in [3.05, 3.63) is 60.8 Å². The Labute approximate surface area is 317 Å². The predicted molar refractivity (Wildman–Crippen MR) is 215 cm³/mol. The molecule has 0 aliphatic rings. The van der Waals surface area contributed by atoms with Gasteiger partial charge in [0.05, 0.1) is 13.2 Å². The van der Waals surface area contributed by atoms with Crippen molar-refractivity contribution in [2.45, 2.75) is 168 Å². The van der Waals surface area contributed by atoms with Gasteiger partial charge in [-0.15, -0.1) is 0 Å². The summed E-state index contributed by atoms with van der Waals surface area (Å²) in [5.41, 5.74) is 0. The maximum atomic E-state index is 12.0. The topological polar surface area (TPSA) is 131 Å². The second-order valence-electron chi connectivity index (χ2n) is 13.2. The third-order valence-corrected chi connectivity index (χ3v) is 9.20. The van der Waals surface area contributed by atoms with E-state index < -0.39 is 26.5 Å². The number of phosphoric ester groups is 1. The molecule has 0 saturated heterocycles. The molecule has 3 N–H and O–H groups in total. The van der Waals surface area contributed by atoms with Crippen LogP contribution in [0.4, 0.5) is 0 Å². The van der Waals surface area contributed by atoms with Crippen LogP contribution in [0.25, 0.3) is 0 Å². The number of carbonyl (C=O) groups excluding carboxylic acids is 2. The first-order chi connectivity index (χ1) is 25.3. The minimum atomic E-state index is -4.41. The van der Waals surface area contributed by atoms with Gasteiger partial charge in [-0.25, -0.2) is 4.57 Å². The van der Waals surface area contributed by atoms with Gasteiger partial charge in [-0.05, 0) is 57.8 Å². The van der Waals surface area contributed by atoms with Gasteiger partial charge >= 0.3 is 13.8 Å². The van der Waals surface area contributed by atoms with Crippen LogP contribution in [0.2, 0.25) is 0 Å². The van der Waals surface area contributed by atoms with E-state index in [1.165, 1.54) is 51.4 Å². The molecule has 0 aliphatic carbocycles. The summed E-state index contributed by atoms with van der Waals surface area (Å²) >= 11 is 0. The molecule has 0 radical (unpaired) electrons. The van der Waals surface area contributed by atoms with Crippen molar-refractivity contribution in [3.8, 4) is 0 Å². The van der Waals surface area contributed by atoms with Crippen LogP contribution >= 0.6 is 7.82 Å². The molecule has 0 aromatic heterocycles. The molecule has 52 heavy (non-hydrogen) atoms. The second kappa shape index (κ2) is 38.4. The average molecular weight is 752 g/mol. The average Bonchev–Trinajstić information content (AvgIpc) is 3.13. The highest BCUT2D eigenvalue weighted by molar-refractivity contribution is 7.47. The van der Waals surface area contributed by atoms with Gasteiger partial charge < -0.3 is 20.1 Å². The smallest absolute Gasteiger partial charge is 0.463 e. The van der Waals surface area contributed by atoms with Gasteiger partial charge in [-0.2, -0.15) is 0 Å². The van der Waals surface area contributed by atoms with E-state index in [2.05, 4.69) is 79.9 Å². The summed E-state index contributed by atoms with van der Waals surface area (Å²) in [5, 5.41) is 12.6. The van der Waals surface area contributed by atoms with Crippen LogP contribution in [-0.4, -0.2) is 54.3 Å². The first-order valence-corrected chi connectivity index (χ1v) is 21.8. The molecular weight excluding hydrogens is 677 g/mol. The van der Waals surface area contributed by atoms with E-state index in [1.807, 2.05) is 0 Å². The highest BCUT2D eigenvalue weighted by atomic mass is 31.2. The molecule has 10 heteroatoms. The van der Waals surface area contributed by atoms with Crippen molar-refractivity contribution in [3.63, 3.8) is 0 Å². The van der Waals surface area contributed by atoms with Crippen LogP contribution in [0, 0.1) is 0 Å². The minimum Gasteiger partial charge on any atom is -0.463 e. The Kier molecular flexibility index (Phi) is 36.7. The minimum absolute atomic E-state index is 0.0791. The third-order valence-electron chi connectivity index (χ3n) is 8.21. The van der Waals surface area contributed by atoms with Crippen molar-refractivity contribution < 1.29 is 37.9 Å². The van der Waals surface area contributed by atoms with Crippen LogP contribution in [-0.2, 0) is 27.9 Å².